The van der Waals surface area contributed by atoms with Crippen LogP contribution in [0.5, 0.6) is 0 Å². The van der Waals surface area contributed by atoms with Crippen LogP contribution in [-0.2, 0) is 32.7 Å². The minimum Gasteiger partial charge on any atom is -0.462 e. The largest absolute Gasteiger partial charge is 0.472 e. The Labute approximate surface area is 313 Å². The summed E-state index contributed by atoms with van der Waals surface area (Å²) < 4.78 is 31.9. The molecule has 0 saturated heterocycles. The summed E-state index contributed by atoms with van der Waals surface area (Å²) in [6, 6.07) is 0. The fraction of sp³-hybridized carbons (Fsp3) is 0.857. The molecular weight excluding hydrogens is 663 g/mol. The molecule has 0 saturated carbocycles. The molecule has 0 aliphatic carbocycles. The van der Waals surface area contributed by atoms with Gasteiger partial charge >= 0.3 is 19.8 Å². The quantitative estimate of drug-likeness (QED) is 0.0287. The van der Waals surface area contributed by atoms with E-state index in [1.165, 1.54) is 116 Å². The Hall–Kier alpha value is -1.47. The Balaban J connectivity index is 4.00. The fourth-order valence-corrected chi connectivity index (χ4v) is 6.38. The molecule has 9 heteroatoms. The molecule has 0 fully saturated rings. The van der Waals surface area contributed by atoms with Crippen molar-refractivity contribution in [2.75, 3.05) is 20.3 Å². The predicted molar refractivity (Wildman–Crippen MR) is 212 cm³/mol. The third-order valence-corrected chi connectivity index (χ3v) is 10.1. The van der Waals surface area contributed by atoms with E-state index in [9.17, 15) is 19.0 Å². The maximum Gasteiger partial charge on any atom is 0.472 e. The van der Waals surface area contributed by atoms with Crippen LogP contribution < -0.4 is 0 Å². The number of hydrogen-bond acceptors (Lipinski definition) is 7. The number of ether oxygens (including phenoxy) is 2. The number of hydrogen-bond donors (Lipinski definition) is 1. The lowest BCUT2D eigenvalue weighted by atomic mass is 10.0. The van der Waals surface area contributed by atoms with Gasteiger partial charge in [-0.15, -0.1) is 0 Å². The van der Waals surface area contributed by atoms with E-state index in [2.05, 4.69) is 42.7 Å². The number of allylic oxidation sites excluding steroid dienone is 4. The van der Waals surface area contributed by atoms with Gasteiger partial charge in [-0.1, -0.05) is 173 Å². The summed E-state index contributed by atoms with van der Waals surface area (Å²) in [5, 5.41) is 0. The third kappa shape index (κ3) is 38.1. The van der Waals surface area contributed by atoms with Crippen molar-refractivity contribution in [2.45, 2.75) is 213 Å². The van der Waals surface area contributed by atoms with Crippen LogP contribution in [-0.4, -0.2) is 43.3 Å². The molecule has 0 spiro atoms. The lowest BCUT2D eigenvalue weighted by Crippen LogP contribution is -2.29. The number of phosphoric ester groups is 1. The van der Waals surface area contributed by atoms with E-state index in [0.717, 1.165) is 64.9 Å². The Morgan fingerprint density at radius 1 is 0.549 bits per heavy atom. The van der Waals surface area contributed by atoms with Gasteiger partial charge < -0.3 is 14.4 Å². The third-order valence-electron chi connectivity index (χ3n) is 9.20. The van der Waals surface area contributed by atoms with Crippen molar-refractivity contribution >= 4 is 19.8 Å². The number of phosphoric acid groups is 1. The van der Waals surface area contributed by atoms with Crippen molar-refractivity contribution in [3.05, 3.63) is 24.3 Å². The molecule has 0 heterocycles. The number of esters is 2. The molecule has 2 unspecified atom stereocenters. The van der Waals surface area contributed by atoms with Crippen LogP contribution in [0.4, 0.5) is 0 Å². The number of carbonyl (C=O) groups excluding carboxylic acids is 2. The summed E-state index contributed by atoms with van der Waals surface area (Å²) in [5.74, 6) is -0.812. The van der Waals surface area contributed by atoms with Gasteiger partial charge in [-0.25, -0.2) is 4.57 Å². The van der Waals surface area contributed by atoms with Crippen LogP contribution in [0, 0.1) is 0 Å². The summed E-state index contributed by atoms with van der Waals surface area (Å²) in [5.41, 5.74) is 0. The van der Waals surface area contributed by atoms with Crippen LogP contribution in [0.3, 0.4) is 0 Å². The summed E-state index contributed by atoms with van der Waals surface area (Å²) in [6.07, 6.45) is 42.2. The van der Waals surface area contributed by atoms with E-state index in [0.29, 0.717) is 12.8 Å². The van der Waals surface area contributed by atoms with E-state index in [1.807, 2.05) is 0 Å². The van der Waals surface area contributed by atoms with Crippen molar-refractivity contribution in [2.24, 2.45) is 0 Å². The van der Waals surface area contributed by atoms with Crippen molar-refractivity contribution in [3.63, 3.8) is 0 Å². The van der Waals surface area contributed by atoms with Crippen LogP contribution in [0.2, 0.25) is 0 Å². The molecule has 0 aromatic heterocycles. The Morgan fingerprint density at radius 3 is 1.41 bits per heavy atom. The Morgan fingerprint density at radius 2 is 0.941 bits per heavy atom. The first kappa shape index (κ1) is 49.5. The van der Waals surface area contributed by atoms with Crippen molar-refractivity contribution in [1.29, 1.82) is 0 Å². The first-order valence-electron chi connectivity index (χ1n) is 21.0. The maximum atomic E-state index is 12.5. The lowest BCUT2D eigenvalue weighted by molar-refractivity contribution is -0.161. The second kappa shape index (κ2) is 38.3. The molecular formula is C42H79O8P. The highest BCUT2D eigenvalue weighted by Gasteiger charge is 2.24. The fourth-order valence-electron chi connectivity index (χ4n) is 5.92. The summed E-state index contributed by atoms with van der Waals surface area (Å²) in [7, 11) is -3.20. The number of carbonyl (C=O) groups is 2. The topological polar surface area (TPSA) is 108 Å². The molecule has 8 nitrogen and oxygen atoms in total. The SMILES string of the molecule is CCCCC/C=C\C/C=C\CCCCCCCC(=O)OC(COC(=O)CCCCCCCCCCCCCCCCCCC)COP(=O)(O)OC. The molecule has 0 radical (unpaired) electrons. The smallest absolute Gasteiger partial charge is 0.462 e. The van der Waals surface area contributed by atoms with Gasteiger partial charge in [-0.05, 0) is 44.9 Å². The van der Waals surface area contributed by atoms with Crippen molar-refractivity contribution < 1.29 is 37.6 Å². The van der Waals surface area contributed by atoms with E-state index in [-0.39, 0.29) is 19.0 Å². The van der Waals surface area contributed by atoms with Gasteiger partial charge in [0.2, 0.25) is 0 Å². The average molecular weight is 743 g/mol. The summed E-state index contributed by atoms with van der Waals surface area (Å²) in [6.45, 7) is 3.86. The van der Waals surface area contributed by atoms with E-state index in [1.54, 1.807) is 0 Å². The van der Waals surface area contributed by atoms with Gasteiger partial charge in [0, 0.05) is 20.0 Å². The molecule has 0 aromatic carbocycles. The first-order chi connectivity index (χ1) is 24.8. The standard InChI is InChI=1S/C42H79O8P/c1-4-6-8-10-12-14-16-18-20-21-23-24-26-28-30-32-34-36-41(43)48-38-40(39-49-51(45,46)47-3)50-42(44)37-35-33-31-29-27-25-22-19-17-15-13-11-9-7-5-2/h13,15,19,22,40H,4-12,14,16-18,20-21,23-39H2,1-3H3,(H,45,46)/b15-13-,22-19-. The Kier molecular flexibility index (Phi) is 37.2. The Bertz CT molecular complexity index is 890. The molecule has 1 N–H and O–H groups in total. The molecule has 300 valence electrons. The number of unbranched alkanes of at least 4 members (excludes halogenated alkanes) is 24. The molecule has 2 atom stereocenters. The average Bonchev–Trinajstić information content (AvgIpc) is 3.12. The van der Waals surface area contributed by atoms with E-state index >= 15 is 0 Å². The number of rotatable bonds is 39. The monoisotopic (exact) mass is 743 g/mol. The first-order valence-corrected chi connectivity index (χ1v) is 22.5. The molecule has 0 amide bonds. The van der Waals surface area contributed by atoms with Gasteiger partial charge in [0.05, 0.1) is 6.61 Å². The molecule has 0 bridgehead atoms. The van der Waals surface area contributed by atoms with Crippen molar-refractivity contribution in [1.82, 2.24) is 0 Å². The van der Waals surface area contributed by atoms with Gasteiger partial charge in [-0.3, -0.25) is 18.6 Å². The van der Waals surface area contributed by atoms with Gasteiger partial charge in [0.15, 0.2) is 6.10 Å². The normalized spacial score (nSPS) is 13.6. The predicted octanol–water partition coefficient (Wildman–Crippen LogP) is 13.1. The summed E-state index contributed by atoms with van der Waals surface area (Å²) in [4.78, 5) is 34.4. The zero-order chi connectivity index (χ0) is 37.5. The highest BCUT2D eigenvalue weighted by atomic mass is 31.2. The molecule has 51 heavy (non-hydrogen) atoms. The van der Waals surface area contributed by atoms with Crippen LogP contribution in [0.15, 0.2) is 24.3 Å². The zero-order valence-corrected chi connectivity index (χ0v) is 34.2. The molecule has 0 aliphatic rings. The van der Waals surface area contributed by atoms with Gasteiger partial charge in [0.1, 0.15) is 6.61 Å². The lowest BCUT2D eigenvalue weighted by Gasteiger charge is -2.19. The molecule has 0 rings (SSSR count). The summed E-state index contributed by atoms with van der Waals surface area (Å²) >= 11 is 0. The highest BCUT2D eigenvalue weighted by molar-refractivity contribution is 7.47. The van der Waals surface area contributed by atoms with Crippen LogP contribution >= 0.6 is 7.82 Å². The minimum absolute atomic E-state index is 0.227. The van der Waals surface area contributed by atoms with E-state index in [4.69, 9.17) is 14.0 Å². The highest BCUT2D eigenvalue weighted by Crippen LogP contribution is 2.42. The molecule has 0 aromatic rings. The van der Waals surface area contributed by atoms with Gasteiger partial charge in [0.25, 0.3) is 0 Å². The van der Waals surface area contributed by atoms with Crippen LogP contribution in [0.25, 0.3) is 0 Å². The van der Waals surface area contributed by atoms with Crippen molar-refractivity contribution in [3.8, 4) is 0 Å². The second-order valence-corrected chi connectivity index (χ2v) is 15.7. The molecule has 0 aliphatic heterocycles. The van der Waals surface area contributed by atoms with E-state index < -0.39 is 26.5 Å². The van der Waals surface area contributed by atoms with Gasteiger partial charge in [-0.2, -0.15) is 0 Å². The second-order valence-electron chi connectivity index (χ2n) is 14.1. The maximum absolute atomic E-state index is 12.5. The zero-order valence-electron chi connectivity index (χ0n) is 33.3. The minimum atomic E-state index is -4.26. The van der Waals surface area contributed by atoms with Crippen LogP contribution in [0.1, 0.15) is 206 Å².